The van der Waals surface area contributed by atoms with Crippen LogP contribution in [-0.4, -0.2) is 48.2 Å². The Morgan fingerprint density at radius 3 is 2.46 bits per heavy atom. The Morgan fingerprint density at radius 1 is 1.33 bits per heavy atom. The van der Waals surface area contributed by atoms with Crippen molar-refractivity contribution in [2.45, 2.75) is 89.6 Å². The molecule has 0 radical (unpaired) electrons. The molecule has 138 valence electrons. The molecule has 24 heavy (non-hydrogen) atoms. The molecule has 0 bridgehead atoms. The maximum Gasteiger partial charge on any atom is 0.420 e. The second-order valence-corrected chi connectivity index (χ2v) is 12.8. The molecule has 1 rings (SSSR count). The minimum Gasteiger partial charge on any atom is -0.457 e. The van der Waals surface area contributed by atoms with Gasteiger partial charge in [0, 0.05) is 0 Å². The third kappa shape index (κ3) is 4.54. The van der Waals surface area contributed by atoms with Crippen LogP contribution in [0.5, 0.6) is 0 Å². The number of rotatable bonds is 5. The predicted octanol–water partition coefficient (Wildman–Crippen LogP) is 3.31. The molecule has 0 aromatic heterocycles. The first-order valence-electron chi connectivity index (χ1n) is 8.79. The van der Waals surface area contributed by atoms with Crippen molar-refractivity contribution < 1.29 is 23.9 Å². The Morgan fingerprint density at radius 2 is 1.96 bits per heavy atom. The Hall–Kier alpha value is -1.01. The first kappa shape index (κ1) is 21.0. The second kappa shape index (κ2) is 7.91. The lowest BCUT2D eigenvalue weighted by Crippen LogP contribution is -2.58. The minimum atomic E-state index is -2.16. The van der Waals surface area contributed by atoms with Gasteiger partial charge in [-0.3, -0.25) is 0 Å². The van der Waals surface area contributed by atoms with Gasteiger partial charge in [0.1, 0.15) is 0 Å². The number of aliphatic hydroxyl groups is 1. The van der Waals surface area contributed by atoms with Crippen LogP contribution in [0.25, 0.3) is 5.53 Å². The lowest BCUT2D eigenvalue weighted by molar-refractivity contribution is -0.146. The van der Waals surface area contributed by atoms with E-state index in [2.05, 4.69) is 38.7 Å². The maximum atomic E-state index is 12.2. The number of esters is 1. The zero-order chi connectivity index (χ0) is 18.6. The monoisotopic (exact) mass is 356 g/mol. The molecule has 0 heterocycles. The fourth-order valence-electron chi connectivity index (χ4n) is 2.76. The summed E-state index contributed by atoms with van der Waals surface area (Å²) in [6.07, 6.45) is 2.97. The van der Waals surface area contributed by atoms with Crippen LogP contribution in [0.15, 0.2) is 0 Å². The van der Waals surface area contributed by atoms with Crippen LogP contribution in [0.1, 0.15) is 59.8 Å². The molecule has 2 atom stereocenters. The fourth-order valence-corrected chi connectivity index (χ4v) is 4.14. The van der Waals surface area contributed by atoms with Gasteiger partial charge in [0.05, 0.1) is 12.7 Å². The molecule has 0 saturated heterocycles. The number of hydrogen-bond acceptors (Lipinski definition) is 4. The zero-order valence-corrected chi connectivity index (χ0v) is 16.9. The first-order valence-corrected chi connectivity index (χ1v) is 11.7. The summed E-state index contributed by atoms with van der Waals surface area (Å²) >= 11 is 0. The van der Waals surface area contributed by atoms with Gasteiger partial charge in [-0.1, -0.05) is 33.6 Å². The van der Waals surface area contributed by atoms with Crippen molar-refractivity contribution in [3.63, 3.8) is 0 Å². The van der Waals surface area contributed by atoms with Crippen LogP contribution in [0.2, 0.25) is 18.1 Å². The van der Waals surface area contributed by atoms with Crippen molar-refractivity contribution in [1.82, 2.24) is 0 Å². The van der Waals surface area contributed by atoms with Gasteiger partial charge < -0.3 is 19.8 Å². The quantitative estimate of drug-likeness (QED) is 0.204. The molecular formula is C17H32N2O4Si. The van der Waals surface area contributed by atoms with E-state index in [-0.39, 0.29) is 17.4 Å². The van der Waals surface area contributed by atoms with Crippen molar-refractivity contribution in [1.29, 1.82) is 0 Å². The van der Waals surface area contributed by atoms with Crippen LogP contribution in [0.4, 0.5) is 0 Å². The average molecular weight is 357 g/mol. The van der Waals surface area contributed by atoms with Crippen molar-refractivity contribution in [2.24, 2.45) is 0 Å². The van der Waals surface area contributed by atoms with Crippen LogP contribution in [0, 0.1) is 0 Å². The molecule has 1 fully saturated rings. The number of carbonyl (C=O) groups excluding carboxylic acids is 1. The normalized spacial score (nSPS) is 25.5. The van der Waals surface area contributed by atoms with E-state index in [1.54, 1.807) is 6.92 Å². The van der Waals surface area contributed by atoms with E-state index in [0.717, 1.165) is 19.3 Å². The third-order valence-corrected chi connectivity index (χ3v) is 9.76. The fraction of sp³-hybridized carbons (Fsp3) is 0.882. The molecule has 1 saturated carbocycles. The third-order valence-electron chi connectivity index (χ3n) is 5.28. The summed E-state index contributed by atoms with van der Waals surface area (Å²) in [7, 11) is -2.16. The van der Waals surface area contributed by atoms with Gasteiger partial charge in [-0.2, -0.15) is 4.79 Å². The predicted molar refractivity (Wildman–Crippen MR) is 95.4 cm³/mol. The Bertz CT molecular complexity index is 509. The number of carbonyl (C=O) groups is 1. The standard InChI is InChI=1S/C17H32N2O4Si/c1-7-22-15(20)14(19-18)17(21)12-10-8-9-11-13(17)23-24(5,6)16(2,3)4/h13,21H,7-12H2,1-6H3/t13-,17-/m0/s1. The van der Waals surface area contributed by atoms with Gasteiger partial charge in [0.15, 0.2) is 13.9 Å². The smallest absolute Gasteiger partial charge is 0.420 e. The van der Waals surface area contributed by atoms with Crippen LogP contribution >= 0.6 is 0 Å². The van der Waals surface area contributed by atoms with Crippen LogP contribution < -0.4 is 0 Å². The topological polar surface area (TPSA) is 92.2 Å². The van der Waals surface area contributed by atoms with Crippen LogP contribution in [-0.2, 0) is 14.0 Å². The highest BCUT2D eigenvalue weighted by Crippen LogP contribution is 2.41. The molecule has 0 amide bonds. The van der Waals surface area contributed by atoms with Crippen molar-refractivity contribution >= 4 is 20.0 Å². The highest BCUT2D eigenvalue weighted by molar-refractivity contribution is 6.74. The first-order chi connectivity index (χ1) is 11.0. The maximum absolute atomic E-state index is 12.2. The summed E-state index contributed by atoms with van der Waals surface area (Å²) < 4.78 is 11.4. The van der Waals surface area contributed by atoms with E-state index >= 15 is 0 Å². The second-order valence-electron chi connectivity index (χ2n) is 8.06. The average Bonchev–Trinajstić information content (AvgIpc) is 2.61. The molecule has 0 aliphatic heterocycles. The van der Waals surface area contributed by atoms with E-state index in [1.807, 2.05) is 0 Å². The molecule has 0 aromatic carbocycles. The molecule has 1 aliphatic rings. The summed E-state index contributed by atoms with van der Waals surface area (Å²) in [5.41, 5.74) is 7.44. The van der Waals surface area contributed by atoms with Crippen molar-refractivity contribution in [3.8, 4) is 0 Å². The Labute approximate surface area is 146 Å². The highest BCUT2D eigenvalue weighted by Gasteiger charge is 2.55. The van der Waals surface area contributed by atoms with Crippen molar-refractivity contribution in [2.75, 3.05) is 6.61 Å². The molecular weight excluding hydrogens is 324 g/mol. The van der Waals surface area contributed by atoms with Gasteiger partial charge in [0.2, 0.25) is 0 Å². The van der Waals surface area contributed by atoms with Gasteiger partial charge in [-0.05, 0) is 44.3 Å². The van der Waals surface area contributed by atoms with Gasteiger partial charge >= 0.3 is 11.7 Å². The molecule has 1 aliphatic carbocycles. The molecule has 6 nitrogen and oxygen atoms in total. The molecule has 0 aromatic rings. The van der Waals surface area contributed by atoms with E-state index in [9.17, 15) is 15.4 Å². The Kier molecular flexibility index (Phi) is 6.93. The van der Waals surface area contributed by atoms with E-state index in [1.165, 1.54) is 0 Å². The van der Waals surface area contributed by atoms with E-state index in [0.29, 0.717) is 12.8 Å². The molecule has 7 heteroatoms. The molecule has 1 N–H and O–H groups in total. The Balaban J connectivity index is 3.23. The SMILES string of the molecule is CCOC(=O)C(=[N+]=[N-])[C@]1(O)CCCCC[C@@H]1O[Si](C)(C)C(C)(C)C. The molecule has 0 unspecified atom stereocenters. The van der Waals surface area contributed by atoms with Crippen molar-refractivity contribution in [3.05, 3.63) is 5.53 Å². The highest BCUT2D eigenvalue weighted by atomic mass is 28.4. The largest absolute Gasteiger partial charge is 0.457 e. The summed E-state index contributed by atoms with van der Waals surface area (Å²) in [6, 6.07) is 0. The van der Waals surface area contributed by atoms with Gasteiger partial charge in [-0.25, -0.2) is 4.79 Å². The number of nitrogens with zero attached hydrogens (tertiary/aromatic N) is 2. The summed E-state index contributed by atoms with van der Waals surface area (Å²) in [5, 5.41) is 11.3. The number of hydrogen-bond donors (Lipinski definition) is 1. The van der Waals surface area contributed by atoms with Crippen LogP contribution in [0.3, 0.4) is 0 Å². The van der Waals surface area contributed by atoms with Gasteiger partial charge in [-0.15, -0.1) is 0 Å². The zero-order valence-electron chi connectivity index (χ0n) is 15.9. The summed E-state index contributed by atoms with van der Waals surface area (Å²) in [4.78, 5) is 15.3. The van der Waals surface area contributed by atoms with Gasteiger partial charge in [0.25, 0.3) is 0 Å². The van der Waals surface area contributed by atoms with E-state index in [4.69, 9.17) is 9.16 Å². The van der Waals surface area contributed by atoms with E-state index < -0.39 is 26.0 Å². The summed E-state index contributed by atoms with van der Waals surface area (Å²) in [5.74, 6) is -0.784. The lowest BCUT2D eigenvalue weighted by Gasteiger charge is -2.42. The number of ether oxygens (including phenoxy) is 1. The molecule has 0 spiro atoms. The summed E-state index contributed by atoms with van der Waals surface area (Å²) in [6.45, 7) is 12.4. The minimum absolute atomic E-state index is 0.0271. The lowest BCUT2D eigenvalue weighted by atomic mass is 9.86.